The first-order chi connectivity index (χ1) is 15.8. The second-order valence-electron chi connectivity index (χ2n) is 7.59. The summed E-state index contributed by atoms with van der Waals surface area (Å²) < 4.78 is 6.42. The topological polar surface area (TPSA) is 90.3 Å². The zero-order chi connectivity index (χ0) is 23.5. The molecule has 7 nitrogen and oxygen atoms in total. The maximum atomic E-state index is 13.1. The van der Waals surface area contributed by atoms with E-state index in [-0.39, 0.29) is 24.1 Å². The fourth-order valence-corrected chi connectivity index (χ4v) is 4.28. The Balaban J connectivity index is 1.52. The number of carbonyl (C=O) groups is 2. The number of esters is 1. The van der Waals surface area contributed by atoms with Gasteiger partial charge in [-0.1, -0.05) is 23.7 Å². The Hall–Kier alpha value is -3.49. The molecule has 0 atom stereocenters. The molecule has 1 N–H and O–H groups in total. The van der Waals surface area contributed by atoms with Crippen LogP contribution in [0.2, 0.25) is 5.02 Å². The molecule has 4 rings (SSSR count). The molecule has 0 unspecified atom stereocenters. The van der Waals surface area contributed by atoms with Crippen LogP contribution >= 0.6 is 22.9 Å². The van der Waals surface area contributed by atoms with E-state index in [9.17, 15) is 14.4 Å². The zero-order valence-electron chi connectivity index (χ0n) is 17.9. The second kappa shape index (κ2) is 9.56. The number of nitrogens with zero attached hydrogens (tertiary/aromatic N) is 2. The van der Waals surface area contributed by atoms with Crippen molar-refractivity contribution < 1.29 is 14.3 Å². The van der Waals surface area contributed by atoms with Crippen molar-refractivity contribution in [1.82, 2.24) is 9.55 Å². The first-order valence-corrected chi connectivity index (χ1v) is 11.4. The van der Waals surface area contributed by atoms with Gasteiger partial charge in [-0.2, -0.15) is 0 Å². The van der Waals surface area contributed by atoms with E-state index in [4.69, 9.17) is 16.3 Å². The van der Waals surface area contributed by atoms with Gasteiger partial charge in [0.1, 0.15) is 11.4 Å². The van der Waals surface area contributed by atoms with Gasteiger partial charge in [-0.05, 0) is 55.8 Å². The van der Waals surface area contributed by atoms with E-state index in [1.807, 2.05) is 17.5 Å². The van der Waals surface area contributed by atoms with Crippen LogP contribution in [-0.2, 0) is 16.1 Å². The van der Waals surface area contributed by atoms with Crippen LogP contribution in [0.5, 0.6) is 0 Å². The molecule has 0 saturated carbocycles. The quantitative estimate of drug-likeness (QED) is 0.392. The SMILES string of the molecule is CC(C)OC(=O)c1ccc(NC(=O)Cn2cnc3scc(-c4ccc(Cl)cc4)c3c2=O)cc1. The van der Waals surface area contributed by atoms with Gasteiger partial charge in [0.25, 0.3) is 5.56 Å². The monoisotopic (exact) mass is 481 g/mol. The number of benzene rings is 2. The van der Waals surface area contributed by atoms with Gasteiger partial charge in [0.15, 0.2) is 0 Å². The Morgan fingerprint density at radius 3 is 2.48 bits per heavy atom. The van der Waals surface area contributed by atoms with Crippen LogP contribution in [0.3, 0.4) is 0 Å². The Morgan fingerprint density at radius 2 is 1.82 bits per heavy atom. The number of fused-ring (bicyclic) bond motifs is 1. The number of hydrogen-bond donors (Lipinski definition) is 1. The molecule has 2 heterocycles. The number of halogens is 1. The summed E-state index contributed by atoms with van der Waals surface area (Å²) in [5.74, 6) is -0.819. The Kier molecular flexibility index (Phi) is 6.57. The van der Waals surface area contributed by atoms with Crippen molar-refractivity contribution in [3.63, 3.8) is 0 Å². The van der Waals surface area contributed by atoms with E-state index in [0.717, 1.165) is 11.1 Å². The van der Waals surface area contributed by atoms with Crippen molar-refractivity contribution in [2.24, 2.45) is 0 Å². The highest BCUT2D eigenvalue weighted by Gasteiger charge is 2.15. The molecule has 0 aliphatic heterocycles. The van der Waals surface area contributed by atoms with Gasteiger partial charge in [0.05, 0.1) is 23.4 Å². The second-order valence-corrected chi connectivity index (χ2v) is 8.89. The minimum absolute atomic E-state index is 0.200. The van der Waals surface area contributed by atoms with Crippen LogP contribution < -0.4 is 10.9 Å². The molecule has 33 heavy (non-hydrogen) atoms. The molecule has 4 aromatic rings. The number of rotatable bonds is 6. The number of nitrogens with one attached hydrogen (secondary N) is 1. The highest BCUT2D eigenvalue weighted by molar-refractivity contribution is 7.17. The van der Waals surface area contributed by atoms with E-state index in [2.05, 4.69) is 10.3 Å². The number of carbonyl (C=O) groups excluding carboxylic acids is 2. The average Bonchev–Trinajstić information content (AvgIpc) is 3.21. The molecule has 2 aromatic heterocycles. The standard InChI is InChI=1S/C24H20ClN3O4S/c1-14(2)32-24(31)16-5-9-18(10-6-16)27-20(29)11-28-13-26-22-21(23(28)30)19(12-33-22)15-3-7-17(25)8-4-15/h3-10,12-14H,11H2,1-2H3,(H,27,29). The lowest BCUT2D eigenvalue weighted by Crippen LogP contribution is -2.27. The summed E-state index contributed by atoms with van der Waals surface area (Å²) in [6.45, 7) is 3.35. The van der Waals surface area contributed by atoms with E-state index in [0.29, 0.717) is 26.5 Å². The molecule has 168 valence electrons. The van der Waals surface area contributed by atoms with Crippen LogP contribution in [0.4, 0.5) is 5.69 Å². The van der Waals surface area contributed by atoms with Crippen LogP contribution in [0, 0.1) is 0 Å². The number of amides is 1. The number of anilines is 1. The molecular weight excluding hydrogens is 462 g/mol. The van der Waals surface area contributed by atoms with Crippen LogP contribution in [0.15, 0.2) is 65.0 Å². The van der Waals surface area contributed by atoms with Gasteiger partial charge < -0.3 is 10.1 Å². The highest BCUT2D eigenvalue weighted by atomic mass is 35.5. The third-order valence-electron chi connectivity index (χ3n) is 4.78. The van der Waals surface area contributed by atoms with Gasteiger partial charge >= 0.3 is 5.97 Å². The van der Waals surface area contributed by atoms with Crippen LogP contribution in [-0.4, -0.2) is 27.5 Å². The smallest absolute Gasteiger partial charge is 0.338 e. The minimum atomic E-state index is -0.430. The maximum absolute atomic E-state index is 13.1. The van der Waals surface area contributed by atoms with E-state index in [1.54, 1.807) is 50.2 Å². The normalized spacial score (nSPS) is 11.0. The Labute approximate surface area is 198 Å². The molecule has 0 aliphatic rings. The van der Waals surface area contributed by atoms with Crippen LogP contribution in [0.1, 0.15) is 24.2 Å². The first kappa shape index (κ1) is 22.7. The van der Waals surface area contributed by atoms with Gasteiger partial charge in [-0.3, -0.25) is 14.2 Å². The number of aromatic nitrogens is 2. The largest absolute Gasteiger partial charge is 0.459 e. The van der Waals surface area contributed by atoms with E-state index in [1.165, 1.54) is 22.2 Å². The van der Waals surface area contributed by atoms with Crippen molar-refractivity contribution in [1.29, 1.82) is 0 Å². The lowest BCUT2D eigenvalue weighted by molar-refractivity contribution is -0.116. The third kappa shape index (κ3) is 5.13. The first-order valence-electron chi connectivity index (χ1n) is 10.2. The number of thiophene rings is 1. The van der Waals surface area contributed by atoms with Gasteiger partial charge in [0, 0.05) is 21.7 Å². The fraction of sp³-hybridized carbons (Fsp3) is 0.167. The molecule has 0 fully saturated rings. The molecule has 0 saturated heterocycles. The average molecular weight is 482 g/mol. The molecular formula is C24H20ClN3O4S. The third-order valence-corrected chi connectivity index (χ3v) is 5.92. The van der Waals surface area contributed by atoms with E-state index >= 15 is 0 Å². The highest BCUT2D eigenvalue weighted by Crippen LogP contribution is 2.31. The van der Waals surface area contributed by atoms with Crippen LogP contribution in [0.25, 0.3) is 21.3 Å². The fourth-order valence-electron chi connectivity index (χ4n) is 3.25. The summed E-state index contributed by atoms with van der Waals surface area (Å²) in [5.41, 5.74) is 2.19. The molecule has 0 aliphatic carbocycles. The zero-order valence-corrected chi connectivity index (χ0v) is 19.4. The van der Waals surface area contributed by atoms with Gasteiger partial charge in [0.2, 0.25) is 5.91 Å². The Bertz CT molecular complexity index is 1380. The van der Waals surface area contributed by atoms with Gasteiger partial charge in [-0.25, -0.2) is 9.78 Å². The Morgan fingerprint density at radius 1 is 1.12 bits per heavy atom. The lowest BCUT2D eigenvalue weighted by Gasteiger charge is -2.10. The summed E-state index contributed by atoms with van der Waals surface area (Å²) in [5, 5.41) is 5.67. The summed E-state index contributed by atoms with van der Waals surface area (Å²) >= 11 is 7.34. The van der Waals surface area contributed by atoms with Crippen molar-refractivity contribution in [2.45, 2.75) is 26.5 Å². The molecule has 2 aromatic carbocycles. The molecule has 0 bridgehead atoms. The summed E-state index contributed by atoms with van der Waals surface area (Å²) in [6, 6.07) is 13.6. The van der Waals surface area contributed by atoms with Crippen molar-refractivity contribution in [3.8, 4) is 11.1 Å². The predicted octanol–water partition coefficient (Wildman–Crippen LogP) is 4.98. The summed E-state index contributed by atoms with van der Waals surface area (Å²) in [4.78, 5) is 42.6. The summed E-state index contributed by atoms with van der Waals surface area (Å²) in [6.07, 6.45) is 1.15. The lowest BCUT2D eigenvalue weighted by atomic mass is 10.1. The number of hydrogen-bond acceptors (Lipinski definition) is 6. The summed E-state index contributed by atoms with van der Waals surface area (Å²) in [7, 11) is 0. The van der Waals surface area contributed by atoms with Crippen molar-refractivity contribution >= 4 is 50.7 Å². The predicted molar refractivity (Wildman–Crippen MR) is 130 cm³/mol. The molecule has 0 spiro atoms. The van der Waals surface area contributed by atoms with Gasteiger partial charge in [-0.15, -0.1) is 11.3 Å². The minimum Gasteiger partial charge on any atom is -0.459 e. The van der Waals surface area contributed by atoms with Crippen molar-refractivity contribution in [3.05, 3.63) is 81.2 Å². The van der Waals surface area contributed by atoms with Crippen molar-refractivity contribution in [2.75, 3.05) is 5.32 Å². The molecule has 9 heteroatoms. The van der Waals surface area contributed by atoms with E-state index < -0.39 is 5.97 Å². The number of ether oxygens (including phenoxy) is 1. The molecule has 1 amide bonds. The maximum Gasteiger partial charge on any atom is 0.338 e. The molecule has 0 radical (unpaired) electrons.